The molecule has 1 aromatic carbocycles. The fourth-order valence-electron chi connectivity index (χ4n) is 4.54. The number of rotatable bonds is 8. The molecule has 0 saturated heterocycles. The number of aliphatic hydroxyl groups is 1. The van der Waals surface area contributed by atoms with Crippen molar-refractivity contribution in [3.05, 3.63) is 57.3 Å². The number of imidazole rings is 1. The van der Waals surface area contributed by atoms with Gasteiger partial charge in [-0.25, -0.2) is 4.98 Å². The molecule has 32 heavy (non-hydrogen) atoms. The number of benzene rings is 1. The molecule has 168 valence electrons. The lowest BCUT2D eigenvalue weighted by atomic mass is 9.95. The third kappa shape index (κ3) is 4.59. The average molecular weight is 488 g/mol. The second-order valence-corrected chi connectivity index (χ2v) is 10.6. The minimum atomic E-state index is 0.0544. The molecule has 0 radical (unpaired) electrons. The molecule has 0 unspecified atom stereocenters. The molecule has 9 heteroatoms. The highest BCUT2D eigenvalue weighted by atomic mass is 35.5. The van der Waals surface area contributed by atoms with Crippen molar-refractivity contribution in [3.63, 3.8) is 0 Å². The van der Waals surface area contributed by atoms with Gasteiger partial charge in [0.05, 0.1) is 23.4 Å². The fourth-order valence-corrected chi connectivity index (χ4v) is 6.37. The molecular formula is C23H26ClN5OS2. The largest absolute Gasteiger partial charge is 0.395 e. The van der Waals surface area contributed by atoms with Gasteiger partial charge in [0.1, 0.15) is 11.6 Å². The van der Waals surface area contributed by atoms with Gasteiger partial charge in [0.15, 0.2) is 5.16 Å². The van der Waals surface area contributed by atoms with Gasteiger partial charge in [-0.15, -0.1) is 21.5 Å². The van der Waals surface area contributed by atoms with Gasteiger partial charge < -0.3 is 14.2 Å². The Labute approximate surface area is 200 Å². The zero-order valence-corrected chi connectivity index (χ0v) is 20.2. The molecule has 0 atom stereocenters. The van der Waals surface area contributed by atoms with Gasteiger partial charge in [-0.2, -0.15) is 0 Å². The van der Waals surface area contributed by atoms with Crippen molar-refractivity contribution in [3.8, 4) is 0 Å². The van der Waals surface area contributed by atoms with E-state index >= 15 is 0 Å². The Hall–Kier alpha value is -1.87. The molecule has 5 rings (SSSR count). The summed E-state index contributed by atoms with van der Waals surface area (Å²) in [6, 6.07) is 10.4. The third-order valence-corrected chi connectivity index (χ3v) is 8.08. The van der Waals surface area contributed by atoms with E-state index in [0.29, 0.717) is 23.4 Å². The SMILES string of the molecule is OCCn1c(CSc2nnc(Cc3cccs3)n2C2CCCCC2)nc2ccc(Cl)cc21. The van der Waals surface area contributed by atoms with Crippen molar-refractivity contribution in [2.75, 3.05) is 6.61 Å². The maximum atomic E-state index is 9.60. The predicted octanol–water partition coefficient (Wildman–Crippen LogP) is 5.72. The number of nitrogens with zero attached hydrogens (tertiary/aromatic N) is 5. The van der Waals surface area contributed by atoms with Crippen molar-refractivity contribution in [2.45, 2.75) is 62.0 Å². The summed E-state index contributed by atoms with van der Waals surface area (Å²) in [5, 5.41) is 22.6. The summed E-state index contributed by atoms with van der Waals surface area (Å²) in [4.78, 5) is 6.13. The monoisotopic (exact) mass is 487 g/mol. The van der Waals surface area contributed by atoms with Crippen LogP contribution in [0.15, 0.2) is 40.9 Å². The number of aliphatic hydroxyl groups excluding tert-OH is 1. The van der Waals surface area contributed by atoms with Crippen LogP contribution in [0.25, 0.3) is 11.0 Å². The number of thioether (sulfide) groups is 1. The van der Waals surface area contributed by atoms with E-state index in [-0.39, 0.29) is 6.61 Å². The minimum absolute atomic E-state index is 0.0544. The molecule has 0 amide bonds. The van der Waals surface area contributed by atoms with E-state index in [1.165, 1.54) is 37.0 Å². The number of aromatic nitrogens is 5. The van der Waals surface area contributed by atoms with E-state index in [4.69, 9.17) is 16.6 Å². The van der Waals surface area contributed by atoms with Gasteiger partial charge in [-0.05, 0) is 42.5 Å². The van der Waals surface area contributed by atoms with Gasteiger partial charge in [0.25, 0.3) is 0 Å². The lowest BCUT2D eigenvalue weighted by Gasteiger charge is -2.25. The number of fused-ring (bicyclic) bond motifs is 1. The highest BCUT2D eigenvalue weighted by molar-refractivity contribution is 7.98. The van der Waals surface area contributed by atoms with E-state index in [2.05, 4.69) is 36.8 Å². The molecule has 1 aliphatic carbocycles. The van der Waals surface area contributed by atoms with Crippen LogP contribution in [-0.4, -0.2) is 36.0 Å². The summed E-state index contributed by atoms with van der Waals surface area (Å²) in [5.74, 6) is 2.63. The first-order valence-corrected chi connectivity index (χ1v) is 13.3. The zero-order valence-electron chi connectivity index (χ0n) is 17.8. The lowest BCUT2D eigenvalue weighted by molar-refractivity contribution is 0.276. The topological polar surface area (TPSA) is 68.8 Å². The normalized spacial score (nSPS) is 15.1. The highest BCUT2D eigenvalue weighted by Gasteiger charge is 2.24. The number of thiophene rings is 1. The Morgan fingerprint density at radius 3 is 2.78 bits per heavy atom. The second kappa shape index (κ2) is 9.95. The Morgan fingerprint density at radius 1 is 1.12 bits per heavy atom. The van der Waals surface area contributed by atoms with Crippen LogP contribution >= 0.6 is 34.7 Å². The van der Waals surface area contributed by atoms with Crippen LogP contribution in [0, 0.1) is 0 Å². The summed E-state index contributed by atoms with van der Waals surface area (Å²) < 4.78 is 4.45. The zero-order chi connectivity index (χ0) is 21.9. The summed E-state index contributed by atoms with van der Waals surface area (Å²) in [5.41, 5.74) is 1.85. The maximum Gasteiger partial charge on any atom is 0.191 e. The second-order valence-electron chi connectivity index (χ2n) is 8.14. The average Bonchev–Trinajstić information content (AvgIpc) is 3.54. The molecular weight excluding hydrogens is 462 g/mol. The van der Waals surface area contributed by atoms with E-state index in [1.54, 1.807) is 23.1 Å². The van der Waals surface area contributed by atoms with Crippen LogP contribution in [0.5, 0.6) is 0 Å². The molecule has 1 N–H and O–H groups in total. The van der Waals surface area contributed by atoms with E-state index in [9.17, 15) is 5.11 Å². The number of hydrogen-bond acceptors (Lipinski definition) is 6. The molecule has 4 aromatic rings. The molecule has 0 bridgehead atoms. The van der Waals surface area contributed by atoms with Crippen LogP contribution in [0.3, 0.4) is 0 Å². The number of halogens is 1. The molecule has 0 aliphatic heterocycles. The molecule has 1 saturated carbocycles. The first kappa shape index (κ1) is 21.9. The first-order chi connectivity index (χ1) is 15.7. The van der Waals surface area contributed by atoms with Crippen LogP contribution in [0.2, 0.25) is 5.02 Å². The van der Waals surface area contributed by atoms with Crippen molar-refractivity contribution in [2.24, 2.45) is 0 Å². The molecule has 1 fully saturated rings. The van der Waals surface area contributed by atoms with Crippen LogP contribution in [0.4, 0.5) is 0 Å². The smallest absolute Gasteiger partial charge is 0.191 e. The Balaban J connectivity index is 1.44. The minimum Gasteiger partial charge on any atom is -0.395 e. The van der Waals surface area contributed by atoms with Crippen molar-refractivity contribution in [1.82, 2.24) is 24.3 Å². The van der Waals surface area contributed by atoms with Gasteiger partial charge >= 0.3 is 0 Å². The van der Waals surface area contributed by atoms with Gasteiger partial charge in [0, 0.05) is 28.9 Å². The Kier molecular flexibility index (Phi) is 6.83. The van der Waals surface area contributed by atoms with Crippen LogP contribution in [0.1, 0.15) is 54.7 Å². The molecule has 6 nitrogen and oxygen atoms in total. The van der Waals surface area contributed by atoms with Gasteiger partial charge in [-0.3, -0.25) is 0 Å². The third-order valence-electron chi connectivity index (χ3n) is 6.03. The molecule has 1 aliphatic rings. The Bertz CT molecular complexity index is 1180. The van der Waals surface area contributed by atoms with Gasteiger partial charge in [0.2, 0.25) is 0 Å². The number of hydrogen-bond donors (Lipinski definition) is 1. The van der Waals surface area contributed by atoms with Crippen LogP contribution in [-0.2, 0) is 18.7 Å². The summed E-state index contributed by atoms with van der Waals surface area (Å²) in [6.07, 6.45) is 7.03. The lowest BCUT2D eigenvalue weighted by Crippen LogP contribution is -2.17. The van der Waals surface area contributed by atoms with Crippen molar-refractivity contribution in [1.29, 1.82) is 0 Å². The van der Waals surface area contributed by atoms with Crippen molar-refractivity contribution >= 4 is 45.7 Å². The molecule has 3 aromatic heterocycles. The molecule has 0 spiro atoms. The van der Waals surface area contributed by atoms with Gasteiger partial charge in [-0.1, -0.05) is 48.7 Å². The quantitative estimate of drug-likeness (QED) is 0.322. The standard InChI is InChI=1S/C23H26ClN5OS2/c24-16-8-9-19-20(13-16)28(10-11-30)22(25-19)15-32-23-27-26-21(14-18-7-4-12-31-18)29(23)17-5-2-1-3-6-17/h4,7-9,12-13,17,30H,1-3,5-6,10-11,14-15H2. The first-order valence-electron chi connectivity index (χ1n) is 11.1. The van der Waals surface area contributed by atoms with E-state index in [1.807, 2.05) is 18.2 Å². The van der Waals surface area contributed by atoms with E-state index in [0.717, 1.165) is 34.3 Å². The predicted molar refractivity (Wildman–Crippen MR) is 131 cm³/mol. The van der Waals surface area contributed by atoms with E-state index < -0.39 is 0 Å². The summed E-state index contributed by atoms with van der Waals surface area (Å²) >= 11 is 9.66. The fraction of sp³-hybridized carbons (Fsp3) is 0.435. The Morgan fingerprint density at radius 2 is 2.00 bits per heavy atom. The summed E-state index contributed by atoms with van der Waals surface area (Å²) in [6.45, 7) is 0.546. The maximum absolute atomic E-state index is 9.60. The molecule has 3 heterocycles. The van der Waals surface area contributed by atoms with Crippen LogP contribution < -0.4 is 0 Å². The highest BCUT2D eigenvalue weighted by Crippen LogP contribution is 2.34. The van der Waals surface area contributed by atoms with Crippen molar-refractivity contribution < 1.29 is 5.11 Å². The summed E-state index contributed by atoms with van der Waals surface area (Å²) in [7, 11) is 0.